The highest BCUT2D eigenvalue weighted by atomic mass is 35.5. The second-order valence-electron chi connectivity index (χ2n) is 7.12. The third kappa shape index (κ3) is 3.78. The molecule has 2 aliphatic heterocycles. The maximum Gasteiger partial charge on any atom is 0.335 e. The van der Waals surface area contributed by atoms with Gasteiger partial charge in [0.25, 0.3) is 11.8 Å². The summed E-state index contributed by atoms with van der Waals surface area (Å²) in [5.74, 6) is -0.404. The minimum absolute atomic E-state index is 0.180. The summed E-state index contributed by atoms with van der Waals surface area (Å²) in [5, 5.41) is 2.62. The number of benzene rings is 1. The molecule has 2 saturated heterocycles. The molecular weight excluding hydrogens is 394 g/mol. The van der Waals surface area contributed by atoms with Crippen LogP contribution < -0.4 is 15.1 Å². The van der Waals surface area contributed by atoms with E-state index in [4.69, 9.17) is 16.0 Å². The molecule has 4 amide bonds. The lowest BCUT2D eigenvalue weighted by molar-refractivity contribution is -0.122. The second kappa shape index (κ2) is 7.75. The zero-order chi connectivity index (χ0) is 20.5. The van der Waals surface area contributed by atoms with E-state index in [9.17, 15) is 14.4 Å². The number of carbonyl (C=O) groups excluding carboxylic acids is 3. The van der Waals surface area contributed by atoms with Crippen molar-refractivity contribution >= 4 is 47.1 Å². The first-order chi connectivity index (χ1) is 13.9. The number of carbonyl (C=O) groups is 3. The molecule has 2 fully saturated rings. The van der Waals surface area contributed by atoms with Gasteiger partial charge in [-0.15, -0.1) is 0 Å². The van der Waals surface area contributed by atoms with Crippen LogP contribution in [0.3, 0.4) is 0 Å². The van der Waals surface area contributed by atoms with Crippen molar-refractivity contribution in [1.29, 1.82) is 0 Å². The third-order valence-corrected chi connectivity index (χ3v) is 5.49. The van der Waals surface area contributed by atoms with Gasteiger partial charge in [-0.05, 0) is 56.0 Å². The number of rotatable bonds is 3. The van der Waals surface area contributed by atoms with Gasteiger partial charge in [0.2, 0.25) is 0 Å². The number of imide groups is 2. The Morgan fingerprint density at radius 2 is 1.83 bits per heavy atom. The summed E-state index contributed by atoms with van der Waals surface area (Å²) in [4.78, 5) is 40.6. The molecule has 150 valence electrons. The average Bonchev–Trinajstić information content (AvgIpc) is 3.17. The molecule has 0 saturated carbocycles. The van der Waals surface area contributed by atoms with Gasteiger partial charge in [-0.25, -0.2) is 9.69 Å². The first kappa shape index (κ1) is 19.3. The number of hydrogen-bond donors (Lipinski definition) is 1. The SMILES string of the molecule is Cc1ccc(N2C(=O)NC(=O)/C(=C/c3ccc(N4CCCCC4)o3)C2=O)cc1Cl. The summed E-state index contributed by atoms with van der Waals surface area (Å²) in [6, 6.07) is 7.55. The van der Waals surface area contributed by atoms with Crippen LogP contribution >= 0.6 is 11.6 Å². The fourth-order valence-corrected chi connectivity index (χ4v) is 3.63. The van der Waals surface area contributed by atoms with Crippen molar-refractivity contribution < 1.29 is 18.8 Å². The lowest BCUT2D eigenvalue weighted by atomic mass is 10.1. The number of hydrogen-bond acceptors (Lipinski definition) is 5. The first-order valence-electron chi connectivity index (χ1n) is 9.46. The standard InChI is InChI=1S/C21H20ClN3O4/c1-13-5-6-14(11-17(13)22)25-20(27)16(19(26)23-21(25)28)12-15-7-8-18(29-15)24-9-3-2-4-10-24/h5-8,11-12H,2-4,9-10H2,1H3,(H,23,26,28)/b16-12-. The number of nitrogens with one attached hydrogen (secondary N) is 1. The predicted molar refractivity (Wildman–Crippen MR) is 110 cm³/mol. The highest BCUT2D eigenvalue weighted by molar-refractivity contribution is 6.39. The molecule has 2 aliphatic rings. The molecule has 7 nitrogen and oxygen atoms in total. The number of urea groups is 1. The number of furan rings is 1. The Bertz CT molecular complexity index is 1020. The predicted octanol–water partition coefficient (Wildman–Crippen LogP) is 3.90. The van der Waals surface area contributed by atoms with E-state index >= 15 is 0 Å². The van der Waals surface area contributed by atoms with Crippen LogP contribution in [0.25, 0.3) is 6.08 Å². The van der Waals surface area contributed by atoms with Gasteiger partial charge in [-0.2, -0.15) is 0 Å². The summed E-state index contributed by atoms with van der Waals surface area (Å²) in [7, 11) is 0. The van der Waals surface area contributed by atoms with Crippen LogP contribution in [0.4, 0.5) is 16.4 Å². The summed E-state index contributed by atoms with van der Waals surface area (Å²) >= 11 is 6.13. The number of piperidine rings is 1. The number of halogens is 1. The molecule has 0 spiro atoms. The van der Waals surface area contributed by atoms with Crippen LogP contribution in [0, 0.1) is 6.92 Å². The van der Waals surface area contributed by atoms with Crippen LogP contribution in [0.2, 0.25) is 5.02 Å². The summed E-state index contributed by atoms with van der Waals surface area (Å²) < 4.78 is 5.82. The van der Waals surface area contributed by atoms with E-state index in [2.05, 4.69) is 10.2 Å². The van der Waals surface area contributed by atoms with Gasteiger partial charge < -0.3 is 9.32 Å². The van der Waals surface area contributed by atoms with Gasteiger partial charge >= 0.3 is 6.03 Å². The normalized spacial score (nSPS) is 19.1. The van der Waals surface area contributed by atoms with Crippen LogP contribution in [0.15, 0.2) is 40.3 Å². The molecule has 4 rings (SSSR count). The third-order valence-electron chi connectivity index (χ3n) is 5.08. The Balaban J connectivity index is 1.63. The van der Waals surface area contributed by atoms with Gasteiger partial charge in [0.1, 0.15) is 11.3 Å². The van der Waals surface area contributed by atoms with Gasteiger partial charge in [-0.3, -0.25) is 14.9 Å². The van der Waals surface area contributed by atoms with Crippen molar-refractivity contribution in [2.45, 2.75) is 26.2 Å². The van der Waals surface area contributed by atoms with Crippen molar-refractivity contribution in [3.8, 4) is 0 Å². The highest BCUT2D eigenvalue weighted by Gasteiger charge is 2.37. The van der Waals surface area contributed by atoms with Gasteiger partial charge in [0, 0.05) is 24.2 Å². The number of aryl methyl sites for hydroxylation is 1. The molecule has 2 aromatic rings. The molecule has 0 radical (unpaired) electrons. The fraction of sp³-hybridized carbons (Fsp3) is 0.286. The first-order valence-corrected chi connectivity index (χ1v) is 9.84. The Morgan fingerprint density at radius 1 is 1.07 bits per heavy atom. The Morgan fingerprint density at radius 3 is 2.55 bits per heavy atom. The molecule has 0 atom stereocenters. The van der Waals surface area contributed by atoms with Crippen molar-refractivity contribution in [1.82, 2.24) is 5.32 Å². The average molecular weight is 414 g/mol. The lowest BCUT2D eigenvalue weighted by Gasteiger charge is -2.26. The highest BCUT2D eigenvalue weighted by Crippen LogP contribution is 2.28. The second-order valence-corrected chi connectivity index (χ2v) is 7.52. The molecule has 0 bridgehead atoms. The number of nitrogens with zero attached hydrogens (tertiary/aromatic N) is 2. The minimum atomic E-state index is -0.814. The molecule has 3 heterocycles. The fourth-order valence-electron chi connectivity index (χ4n) is 3.46. The summed E-state index contributed by atoms with van der Waals surface area (Å²) in [5.41, 5.74) is 0.920. The quantitative estimate of drug-likeness (QED) is 0.609. The van der Waals surface area contributed by atoms with Crippen LogP contribution in [-0.2, 0) is 9.59 Å². The van der Waals surface area contributed by atoms with Gasteiger partial charge in [0.05, 0.1) is 5.69 Å². The van der Waals surface area contributed by atoms with Crippen LogP contribution in [0.1, 0.15) is 30.6 Å². The Labute approximate surface area is 172 Å². The van der Waals surface area contributed by atoms with Gasteiger partial charge in [0.15, 0.2) is 5.88 Å². The molecule has 29 heavy (non-hydrogen) atoms. The van der Waals surface area contributed by atoms with E-state index in [1.54, 1.807) is 18.2 Å². The van der Waals surface area contributed by atoms with E-state index in [0.717, 1.165) is 36.4 Å². The molecule has 1 N–H and O–H groups in total. The maximum absolute atomic E-state index is 12.9. The lowest BCUT2D eigenvalue weighted by Crippen LogP contribution is -2.54. The molecule has 1 aromatic heterocycles. The summed E-state index contributed by atoms with van der Waals surface area (Å²) in [6.45, 7) is 3.65. The topological polar surface area (TPSA) is 82.9 Å². The van der Waals surface area contributed by atoms with E-state index in [1.807, 2.05) is 13.0 Å². The Kier molecular flexibility index (Phi) is 5.15. The molecule has 0 aliphatic carbocycles. The molecule has 0 unspecified atom stereocenters. The largest absolute Gasteiger partial charge is 0.441 e. The monoisotopic (exact) mass is 413 g/mol. The van der Waals surface area contributed by atoms with Crippen LogP contribution in [-0.4, -0.2) is 30.9 Å². The zero-order valence-electron chi connectivity index (χ0n) is 15.9. The van der Waals surface area contributed by atoms with E-state index < -0.39 is 17.8 Å². The smallest absolute Gasteiger partial charge is 0.335 e. The summed E-state index contributed by atoms with van der Waals surface area (Å²) in [6.07, 6.45) is 4.78. The van der Waals surface area contributed by atoms with Crippen molar-refractivity contribution in [2.24, 2.45) is 0 Å². The van der Waals surface area contributed by atoms with Crippen LogP contribution in [0.5, 0.6) is 0 Å². The van der Waals surface area contributed by atoms with E-state index in [-0.39, 0.29) is 11.3 Å². The van der Waals surface area contributed by atoms with Gasteiger partial charge in [-0.1, -0.05) is 17.7 Å². The molecule has 1 aromatic carbocycles. The molecule has 8 heteroatoms. The van der Waals surface area contributed by atoms with Crippen molar-refractivity contribution in [2.75, 3.05) is 22.9 Å². The maximum atomic E-state index is 12.9. The van der Waals surface area contributed by atoms with E-state index in [0.29, 0.717) is 16.7 Å². The van der Waals surface area contributed by atoms with Crippen molar-refractivity contribution in [3.63, 3.8) is 0 Å². The molecular formula is C21H20ClN3O4. The van der Waals surface area contributed by atoms with E-state index in [1.165, 1.54) is 18.6 Å². The number of amides is 4. The number of anilines is 2. The zero-order valence-corrected chi connectivity index (χ0v) is 16.7. The minimum Gasteiger partial charge on any atom is -0.441 e. The number of barbiturate groups is 1. The Hall–Kier alpha value is -3.06. The van der Waals surface area contributed by atoms with Crippen molar-refractivity contribution in [3.05, 3.63) is 52.3 Å².